The summed E-state index contributed by atoms with van der Waals surface area (Å²) in [7, 11) is -3.40. The summed E-state index contributed by atoms with van der Waals surface area (Å²) in [6, 6.07) is 10.1. The van der Waals surface area contributed by atoms with E-state index in [9.17, 15) is 17.6 Å². The normalized spacial score (nSPS) is 15.8. The van der Waals surface area contributed by atoms with Crippen molar-refractivity contribution in [2.75, 3.05) is 38.6 Å². The topological polar surface area (TPSA) is 75.7 Å². The number of nitrogens with zero attached hydrogens (tertiary/aromatic N) is 1. The summed E-state index contributed by atoms with van der Waals surface area (Å²) in [5, 5.41) is 2.58. The molecule has 9 heteroatoms. The zero-order valence-electron chi connectivity index (χ0n) is 15.1. The highest BCUT2D eigenvalue weighted by molar-refractivity contribution is 7.89. The number of halogens is 1. The Morgan fingerprint density at radius 1 is 1.21 bits per heavy atom. The smallest absolute Gasteiger partial charge is 0.244 e. The SMILES string of the molecule is O=C(C=Cc1ccc(-c2ccccc2F)s1)NCCS(=O)(=O)N1CCOCC1. The minimum atomic E-state index is -3.40. The number of ether oxygens (including phenoxy) is 1. The number of amides is 1. The number of benzene rings is 1. The molecule has 1 aliphatic rings. The molecule has 150 valence electrons. The van der Waals surface area contributed by atoms with Gasteiger partial charge >= 0.3 is 0 Å². The van der Waals surface area contributed by atoms with Crippen molar-refractivity contribution < 1.29 is 22.3 Å². The fraction of sp³-hybridized carbons (Fsp3) is 0.316. The summed E-state index contributed by atoms with van der Waals surface area (Å²) < 4.78 is 44.7. The van der Waals surface area contributed by atoms with Crippen molar-refractivity contribution in [1.82, 2.24) is 9.62 Å². The van der Waals surface area contributed by atoms with Gasteiger partial charge in [-0.2, -0.15) is 4.31 Å². The number of carbonyl (C=O) groups is 1. The molecule has 3 rings (SSSR count). The van der Waals surface area contributed by atoms with Crippen LogP contribution in [0.2, 0.25) is 0 Å². The first kappa shape index (κ1) is 20.7. The van der Waals surface area contributed by atoms with E-state index in [0.29, 0.717) is 31.9 Å². The maximum Gasteiger partial charge on any atom is 0.244 e. The lowest BCUT2D eigenvalue weighted by Gasteiger charge is -2.25. The van der Waals surface area contributed by atoms with Crippen LogP contribution in [0.25, 0.3) is 16.5 Å². The summed E-state index contributed by atoms with van der Waals surface area (Å²) >= 11 is 1.37. The van der Waals surface area contributed by atoms with Gasteiger partial charge in [-0.3, -0.25) is 4.79 Å². The van der Waals surface area contributed by atoms with Crippen LogP contribution in [0.5, 0.6) is 0 Å². The molecular weight excluding hydrogens is 403 g/mol. The van der Waals surface area contributed by atoms with Crippen LogP contribution in [0.1, 0.15) is 4.88 Å². The molecular formula is C19H21FN2O4S2. The zero-order chi connectivity index (χ0) is 20.0. The van der Waals surface area contributed by atoms with Crippen LogP contribution in [0.4, 0.5) is 4.39 Å². The van der Waals surface area contributed by atoms with Crippen molar-refractivity contribution in [2.24, 2.45) is 0 Å². The Kier molecular flexibility index (Phi) is 6.95. The molecule has 6 nitrogen and oxygen atoms in total. The van der Waals surface area contributed by atoms with Gasteiger partial charge in [0.05, 0.1) is 19.0 Å². The Bertz CT molecular complexity index is 950. The molecule has 1 fully saturated rings. The first-order chi connectivity index (χ1) is 13.5. The molecule has 1 saturated heterocycles. The van der Waals surface area contributed by atoms with Gasteiger partial charge in [0, 0.05) is 41.0 Å². The van der Waals surface area contributed by atoms with E-state index in [1.807, 2.05) is 0 Å². The second-order valence-corrected chi connectivity index (χ2v) is 9.34. The summed E-state index contributed by atoms with van der Waals surface area (Å²) in [4.78, 5) is 13.5. The van der Waals surface area contributed by atoms with Crippen molar-refractivity contribution in [2.45, 2.75) is 0 Å². The average molecular weight is 425 g/mol. The van der Waals surface area contributed by atoms with Crippen LogP contribution < -0.4 is 5.32 Å². The largest absolute Gasteiger partial charge is 0.379 e. The highest BCUT2D eigenvalue weighted by Gasteiger charge is 2.23. The van der Waals surface area contributed by atoms with Gasteiger partial charge in [0.2, 0.25) is 15.9 Å². The third-order valence-corrected chi connectivity index (χ3v) is 7.14. The van der Waals surface area contributed by atoms with Gasteiger partial charge in [0.1, 0.15) is 5.82 Å². The van der Waals surface area contributed by atoms with Gasteiger partial charge in [0.15, 0.2) is 0 Å². The van der Waals surface area contributed by atoms with Crippen LogP contribution >= 0.6 is 11.3 Å². The van der Waals surface area contributed by atoms with Crippen LogP contribution in [-0.2, 0) is 19.6 Å². The Morgan fingerprint density at radius 2 is 1.96 bits per heavy atom. The lowest BCUT2D eigenvalue weighted by Crippen LogP contribution is -2.43. The maximum absolute atomic E-state index is 13.8. The van der Waals surface area contributed by atoms with Crippen molar-refractivity contribution in [3.05, 3.63) is 53.2 Å². The van der Waals surface area contributed by atoms with Crippen molar-refractivity contribution >= 4 is 33.3 Å². The number of carbonyl (C=O) groups excluding carboxylic acids is 1. The molecule has 1 N–H and O–H groups in total. The molecule has 1 aromatic carbocycles. The predicted octanol–water partition coefficient (Wildman–Crippen LogP) is 2.35. The van der Waals surface area contributed by atoms with Crippen LogP contribution in [0.15, 0.2) is 42.5 Å². The zero-order valence-corrected chi connectivity index (χ0v) is 16.8. The fourth-order valence-electron chi connectivity index (χ4n) is 2.72. The van der Waals surface area contributed by atoms with Crippen LogP contribution in [0, 0.1) is 5.82 Å². The molecule has 1 aromatic heterocycles. The number of morpholine rings is 1. The lowest BCUT2D eigenvalue weighted by molar-refractivity contribution is -0.116. The Balaban J connectivity index is 1.50. The molecule has 0 saturated carbocycles. The molecule has 0 aliphatic carbocycles. The number of hydrogen-bond acceptors (Lipinski definition) is 5. The summed E-state index contributed by atoms with van der Waals surface area (Å²) in [6.07, 6.45) is 2.97. The minimum Gasteiger partial charge on any atom is -0.379 e. The minimum absolute atomic E-state index is 0.0355. The first-order valence-corrected chi connectivity index (χ1v) is 11.2. The van der Waals surface area contributed by atoms with Gasteiger partial charge in [-0.1, -0.05) is 18.2 Å². The van der Waals surface area contributed by atoms with Gasteiger partial charge < -0.3 is 10.1 Å². The number of hydrogen-bond donors (Lipinski definition) is 1. The van der Waals surface area contributed by atoms with E-state index in [4.69, 9.17) is 4.74 Å². The lowest BCUT2D eigenvalue weighted by atomic mass is 10.2. The van der Waals surface area contributed by atoms with Crippen LogP contribution in [-0.4, -0.2) is 57.2 Å². The molecule has 28 heavy (non-hydrogen) atoms. The van der Waals surface area contributed by atoms with E-state index in [2.05, 4.69) is 5.32 Å². The number of sulfonamides is 1. The molecule has 2 heterocycles. The highest BCUT2D eigenvalue weighted by atomic mass is 32.2. The van der Waals surface area contributed by atoms with Gasteiger partial charge in [-0.25, -0.2) is 12.8 Å². The van der Waals surface area contributed by atoms with E-state index >= 15 is 0 Å². The molecule has 0 radical (unpaired) electrons. The Morgan fingerprint density at radius 3 is 2.71 bits per heavy atom. The Hall–Kier alpha value is -2.07. The quantitative estimate of drug-likeness (QED) is 0.693. The van der Waals surface area contributed by atoms with E-state index < -0.39 is 10.0 Å². The summed E-state index contributed by atoms with van der Waals surface area (Å²) in [5.41, 5.74) is 0.518. The van der Waals surface area contributed by atoms with E-state index in [0.717, 1.165) is 9.75 Å². The molecule has 0 atom stereocenters. The summed E-state index contributed by atoms with van der Waals surface area (Å²) in [5.74, 6) is -0.819. The van der Waals surface area contributed by atoms with Gasteiger partial charge in [0.25, 0.3) is 0 Å². The first-order valence-electron chi connectivity index (χ1n) is 8.82. The van der Waals surface area contributed by atoms with E-state index in [1.54, 1.807) is 36.4 Å². The van der Waals surface area contributed by atoms with E-state index in [1.165, 1.54) is 27.8 Å². The van der Waals surface area contributed by atoms with Crippen molar-refractivity contribution in [3.63, 3.8) is 0 Å². The molecule has 0 unspecified atom stereocenters. The summed E-state index contributed by atoms with van der Waals surface area (Å²) in [6.45, 7) is 1.51. The molecule has 1 amide bonds. The molecule has 2 aromatic rings. The molecule has 0 spiro atoms. The van der Waals surface area contributed by atoms with E-state index in [-0.39, 0.29) is 24.0 Å². The monoisotopic (exact) mass is 424 g/mol. The molecule has 0 bridgehead atoms. The molecule has 1 aliphatic heterocycles. The van der Waals surface area contributed by atoms with Gasteiger partial charge in [-0.15, -0.1) is 11.3 Å². The second-order valence-electron chi connectivity index (χ2n) is 6.13. The van der Waals surface area contributed by atoms with Crippen LogP contribution in [0.3, 0.4) is 0 Å². The Labute approximate surface area is 167 Å². The average Bonchev–Trinajstić information content (AvgIpc) is 3.16. The highest BCUT2D eigenvalue weighted by Crippen LogP contribution is 2.30. The standard InChI is InChI=1S/C19H21FN2O4S2/c20-17-4-2-1-3-16(17)18-7-5-15(27-18)6-8-19(23)21-9-14-28(24,25)22-10-12-26-13-11-22/h1-8H,9-14H2,(H,21,23). The number of thiophene rings is 1. The third kappa shape index (κ3) is 5.48. The predicted molar refractivity (Wildman–Crippen MR) is 108 cm³/mol. The van der Waals surface area contributed by atoms with Crippen molar-refractivity contribution in [3.8, 4) is 10.4 Å². The fourth-order valence-corrected chi connectivity index (χ4v) is 4.98. The number of nitrogens with one attached hydrogen (secondary N) is 1. The van der Waals surface area contributed by atoms with Crippen molar-refractivity contribution in [1.29, 1.82) is 0 Å². The number of rotatable bonds is 7. The maximum atomic E-state index is 13.8. The third-order valence-electron chi connectivity index (χ3n) is 4.19. The second kappa shape index (κ2) is 9.42. The van der Waals surface area contributed by atoms with Gasteiger partial charge in [-0.05, 0) is 24.3 Å².